The van der Waals surface area contributed by atoms with Crippen LogP contribution in [-0.2, 0) is 17.8 Å². The summed E-state index contributed by atoms with van der Waals surface area (Å²) in [4.78, 5) is 12.6. The van der Waals surface area contributed by atoms with Crippen molar-refractivity contribution in [1.82, 2.24) is 9.88 Å². The highest BCUT2D eigenvalue weighted by atomic mass is 16.5. The zero-order valence-electron chi connectivity index (χ0n) is 17.1. The Labute approximate surface area is 171 Å². The van der Waals surface area contributed by atoms with E-state index in [1.165, 1.54) is 12.8 Å². The van der Waals surface area contributed by atoms with Gasteiger partial charge in [-0.3, -0.25) is 4.79 Å². The first-order chi connectivity index (χ1) is 14.2. The molecule has 3 aromatic rings. The Morgan fingerprint density at radius 2 is 1.76 bits per heavy atom. The monoisotopic (exact) mass is 392 g/mol. The number of aromatic nitrogens is 1. The predicted octanol–water partition coefficient (Wildman–Crippen LogP) is 4.31. The largest absolute Gasteiger partial charge is 0.497 e. The van der Waals surface area contributed by atoms with Crippen LogP contribution >= 0.6 is 0 Å². The molecule has 1 aliphatic rings. The van der Waals surface area contributed by atoms with Crippen LogP contribution in [0.5, 0.6) is 11.5 Å². The number of benzene rings is 2. The van der Waals surface area contributed by atoms with Gasteiger partial charge in [0.15, 0.2) is 0 Å². The van der Waals surface area contributed by atoms with Crippen molar-refractivity contribution in [3.8, 4) is 11.5 Å². The summed E-state index contributed by atoms with van der Waals surface area (Å²) in [6, 6.07) is 14.5. The van der Waals surface area contributed by atoms with Crippen molar-refractivity contribution in [2.45, 2.75) is 44.7 Å². The van der Waals surface area contributed by atoms with Gasteiger partial charge in [0.05, 0.1) is 20.6 Å². The summed E-state index contributed by atoms with van der Waals surface area (Å²) < 4.78 is 13.0. The van der Waals surface area contributed by atoms with E-state index in [2.05, 4.69) is 28.2 Å². The number of nitrogens with one attached hydrogen (secondary N) is 1. The van der Waals surface area contributed by atoms with E-state index in [-0.39, 0.29) is 5.91 Å². The molecule has 1 heterocycles. The number of hydrogen-bond acceptors (Lipinski definition) is 3. The fourth-order valence-electron chi connectivity index (χ4n) is 4.27. The standard InChI is InChI=1S/C24H28N2O3/c1-28-20-11-17(12-21(14-20)29-2)15-26-16-18(22-9-5-6-10-23(22)26)13-24(27)25-19-7-3-4-8-19/h5-6,9-12,14,16,19H,3-4,7-8,13,15H2,1-2H3,(H,25,27). The van der Waals surface area contributed by atoms with Crippen LogP contribution in [0.25, 0.3) is 10.9 Å². The molecule has 0 saturated heterocycles. The minimum absolute atomic E-state index is 0.114. The summed E-state index contributed by atoms with van der Waals surface area (Å²) >= 11 is 0. The zero-order chi connectivity index (χ0) is 20.2. The molecule has 1 aliphatic carbocycles. The van der Waals surface area contributed by atoms with Crippen LogP contribution in [0.1, 0.15) is 36.8 Å². The number of ether oxygens (including phenoxy) is 2. The third-order valence-corrected chi connectivity index (χ3v) is 5.71. The van der Waals surface area contributed by atoms with Crippen molar-refractivity contribution in [3.63, 3.8) is 0 Å². The molecule has 0 unspecified atom stereocenters. The average molecular weight is 392 g/mol. The molecule has 5 heteroatoms. The molecule has 4 rings (SSSR count). The molecule has 1 amide bonds. The average Bonchev–Trinajstić information content (AvgIpc) is 3.36. The van der Waals surface area contributed by atoms with Crippen molar-refractivity contribution >= 4 is 16.8 Å². The van der Waals surface area contributed by atoms with Gasteiger partial charge in [0, 0.05) is 35.8 Å². The number of nitrogens with zero attached hydrogens (tertiary/aromatic N) is 1. The van der Waals surface area contributed by atoms with E-state index in [0.29, 0.717) is 19.0 Å². The van der Waals surface area contributed by atoms with Crippen LogP contribution < -0.4 is 14.8 Å². The van der Waals surface area contributed by atoms with Crippen molar-refractivity contribution in [2.75, 3.05) is 14.2 Å². The molecule has 0 atom stereocenters. The second-order valence-electron chi connectivity index (χ2n) is 7.75. The van der Waals surface area contributed by atoms with Crippen molar-refractivity contribution in [2.24, 2.45) is 0 Å². The smallest absolute Gasteiger partial charge is 0.224 e. The van der Waals surface area contributed by atoms with Gasteiger partial charge in [-0.25, -0.2) is 0 Å². The highest BCUT2D eigenvalue weighted by Crippen LogP contribution is 2.27. The van der Waals surface area contributed by atoms with E-state index in [0.717, 1.165) is 46.4 Å². The molecule has 5 nitrogen and oxygen atoms in total. The summed E-state index contributed by atoms with van der Waals surface area (Å²) in [5, 5.41) is 4.33. The molecular weight excluding hydrogens is 364 g/mol. The lowest BCUT2D eigenvalue weighted by molar-refractivity contribution is -0.121. The molecule has 0 bridgehead atoms. The number of rotatable bonds is 7. The van der Waals surface area contributed by atoms with Gasteiger partial charge in [-0.2, -0.15) is 0 Å². The molecule has 1 fully saturated rings. The molecule has 152 valence electrons. The Bertz CT molecular complexity index is 980. The number of hydrogen-bond donors (Lipinski definition) is 1. The first kappa shape index (κ1) is 19.4. The first-order valence-electron chi connectivity index (χ1n) is 10.2. The lowest BCUT2D eigenvalue weighted by Crippen LogP contribution is -2.33. The van der Waals surface area contributed by atoms with E-state index in [9.17, 15) is 4.79 Å². The maximum atomic E-state index is 12.6. The van der Waals surface area contributed by atoms with Crippen LogP contribution in [0, 0.1) is 0 Å². The number of amides is 1. The predicted molar refractivity (Wildman–Crippen MR) is 115 cm³/mol. The first-order valence-corrected chi connectivity index (χ1v) is 10.2. The minimum Gasteiger partial charge on any atom is -0.497 e. The summed E-state index contributed by atoms with van der Waals surface area (Å²) in [5.74, 6) is 1.65. The Morgan fingerprint density at radius 3 is 2.45 bits per heavy atom. The van der Waals surface area contributed by atoms with Gasteiger partial charge in [0.2, 0.25) is 5.91 Å². The van der Waals surface area contributed by atoms with Gasteiger partial charge < -0.3 is 19.4 Å². The van der Waals surface area contributed by atoms with Crippen molar-refractivity contribution in [1.29, 1.82) is 0 Å². The minimum atomic E-state index is 0.114. The highest BCUT2D eigenvalue weighted by molar-refractivity contribution is 5.89. The number of carbonyl (C=O) groups excluding carboxylic acids is 1. The topological polar surface area (TPSA) is 52.5 Å². The molecule has 1 saturated carbocycles. The van der Waals surface area contributed by atoms with Gasteiger partial charge in [0.1, 0.15) is 11.5 Å². The molecule has 0 radical (unpaired) electrons. The Hall–Kier alpha value is -2.95. The van der Waals surface area contributed by atoms with Crippen LogP contribution in [0.3, 0.4) is 0 Å². The summed E-state index contributed by atoms with van der Waals surface area (Å²) in [6.07, 6.45) is 7.15. The maximum Gasteiger partial charge on any atom is 0.224 e. The second-order valence-corrected chi connectivity index (χ2v) is 7.75. The number of carbonyl (C=O) groups is 1. The van der Waals surface area contributed by atoms with Gasteiger partial charge >= 0.3 is 0 Å². The second kappa shape index (κ2) is 8.60. The number of methoxy groups -OCH3 is 2. The molecule has 1 N–H and O–H groups in total. The summed E-state index contributed by atoms with van der Waals surface area (Å²) in [5.41, 5.74) is 3.27. The third kappa shape index (κ3) is 4.39. The van der Waals surface area contributed by atoms with E-state index in [1.54, 1.807) is 14.2 Å². The zero-order valence-corrected chi connectivity index (χ0v) is 17.1. The fourth-order valence-corrected chi connectivity index (χ4v) is 4.27. The Kier molecular flexibility index (Phi) is 5.74. The Morgan fingerprint density at radius 1 is 1.07 bits per heavy atom. The van der Waals surface area contributed by atoms with Crippen LogP contribution in [-0.4, -0.2) is 30.7 Å². The maximum absolute atomic E-state index is 12.6. The molecule has 0 aliphatic heterocycles. The van der Waals surface area contributed by atoms with E-state index in [1.807, 2.05) is 30.3 Å². The van der Waals surface area contributed by atoms with Crippen LogP contribution in [0.2, 0.25) is 0 Å². The van der Waals surface area contributed by atoms with Gasteiger partial charge in [-0.05, 0) is 42.2 Å². The van der Waals surface area contributed by atoms with Gasteiger partial charge in [0.25, 0.3) is 0 Å². The van der Waals surface area contributed by atoms with Gasteiger partial charge in [-0.15, -0.1) is 0 Å². The highest BCUT2D eigenvalue weighted by Gasteiger charge is 2.18. The molecule has 29 heavy (non-hydrogen) atoms. The van der Waals surface area contributed by atoms with Crippen molar-refractivity contribution in [3.05, 3.63) is 59.8 Å². The van der Waals surface area contributed by atoms with Crippen LogP contribution in [0.15, 0.2) is 48.7 Å². The lowest BCUT2D eigenvalue weighted by Gasteiger charge is -2.11. The van der Waals surface area contributed by atoms with Crippen molar-refractivity contribution < 1.29 is 14.3 Å². The van der Waals surface area contributed by atoms with E-state index >= 15 is 0 Å². The molecule has 1 aromatic heterocycles. The number of fused-ring (bicyclic) bond motifs is 1. The normalized spacial score (nSPS) is 14.3. The molecule has 2 aromatic carbocycles. The molecule has 0 spiro atoms. The summed E-state index contributed by atoms with van der Waals surface area (Å²) in [6.45, 7) is 0.679. The Balaban J connectivity index is 1.59. The van der Waals surface area contributed by atoms with Crippen LogP contribution in [0.4, 0.5) is 0 Å². The van der Waals surface area contributed by atoms with E-state index in [4.69, 9.17) is 9.47 Å². The quantitative estimate of drug-likeness (QED) is 0.652. The summed E-state index contributed by atoms with van der Waals surface area (Å²) in [7, 11) is 3.31. The fraction of sp³-hybridized carbons (Fsp3) is 0.375. The number of para-hydroxylation sites is 1. The lowest BCUT2D eigenvalue weighted by atomic mass is 10.1. The van der Waals surface area contributed by atoms with E-state index < -0.39 is 0 Å². The van der Waals surface area contributed by atoms with Gasteiger partial charge in [-0.1, -0.05) is 31.0 Å². The SMILES string of the molecule is COc1cc(Cn2cc(CC(=O)NC3CCCC3)c3ccccc32)cc(OC)c1. The third-order valence-electron chi connectivity index (χ3n) is 5.71. The molecular formula is C24H28N2O3.